The van der Waals surface area contributed by atoms with E-state index in [1.807, 2.05) is 0 Å². The SMILES string of the molecule is CC1(C)CC1C(=O)NCC1(CBr)CCCC1. The largest absolute Gasteiger partial charge is 0.355 e. The van der Waals surface area contributed by atoms with Gasteiger partial charge in [0.25, 0.3) is 0 Å². The van der Waals surface area contributed by atoms with Crippen LogP contribution in [0.1, 0.15) is 46.0 Å². The van der Waals surface area contributed by atoms with Crippen LogP contribution in [0.2, 0.25) is 0 Å². The van der Waals surface area contributed by atoms with Gasteiger partial charge in [0, 0.05) is 17.8 Å². The fourth-order valence-electron chi connectivity index (χ4n) is 2.80. The van der Waals surface area contributed by atoms with Gasteiger partial charge in [-0.2, -0.15) is 0 Å². The Balaban J connectivity index is 1.80. The highest BCUT2D eigenvalue weighted by atomic mass is 79.9. The topological polar surface area (TPSA) is 29.1 Å². The molecule has 0 bridgehead atoms. The lowest BCUT2D eigenvalue weighted by Crippen LogP contribution is -2.38. The van der Waals surface area contributed by atoms with Crippen molar-refractivity contribution in [2.45, 2.75) is 46.0 Å². The van der Waals surface area contributed by atoms with Gasteiger partial charge in [-0.3, -0.25) is 4.79 Å². The number of carbonyl (C=O) groups excluding carboxylic acids is 1. The van der Waals surface area contributed by atoms with E-state index in [-0.39, 0.29) is 17.2 Å². The molecule has 16 heavy (non-hydrogen) atoms. The molecule has 92 valence electrons. The maximum absolute atomic E-state index is 11.9. The monoisotopic (exact) mass is 287 g/mol. The van der Waals surface area contributed by atoms with Gasteiger partial charge in [0.15, 0.2) is 0 Å². The molecule has 1 unspecified atom stereocenters. The van der Waals surface area contributed by atoms with E-state index >= 15 is 0 Å². The molecule has 0 radical (unpaired) electrons. The van der Waals surface area contributed by atoms with Gasteiger partial charge in [-0.25, -0.2) is 0 Å². The minimum Gasteiger partial charge on any atom is -0.355 e. The Kier molecular flexibility index (Phi) is 3.35. The molecule has 0 heterocycles. The van der Waals surface area contributed by atoms with Crippen molar-refractivity contribution in [2.75, 3.05) is 11.9 Å². The number of nitrogens with one attached hydrogen (secondary N) is 1. The fraction of sp³-hybridized carbons (Fsp3) is 0.923. The minimum atomic E-state index is 0.251. The molecule has 2 aliphatic rings. The lowest BCUT2D eigenvalue weighted by atomic mass is 9.89. The van der Waals surface area contributed by atoms with E-state index in [1.54, 1.807) is 0 Å². The lowest BCUT2D eigenvalue weighted by Gasteiger charge is -2.26. The number of carbonyl (C=O) groups is 1. The third-order valence-corrected chi connectivity index (χ3v) is 5.60. The molecule has 1 N–H and O–H groups in total. The molecule has 2 nitrogen and oxygen atoms in total. The number of rotatable bonds is 4. The Morgan fingerprint density at radius 2 is 1.94 bits per heavy atom. The van der Waals surface area contributed by atoms with Crippen LogP contribution >= 0.6 is 15.9 Å². The summed E-state index contributed by atoms with van der Waals surface area (Å²) in [6.07, 6.45) is 6.20. The van der Waals surface area contributed by atoms with Crippen LogP contribution in [0.3, 0.4) is 0 Å². The molecule has 0 saturated heterocycles. The van der Waals surface area contributed by atoms with E-state index in [2.05, 4.69) is 35.1 Å². The molecule has 0 aromatic carbocycles. The summed E-state index contributed by atoms with van der Waals surface area (Å²) in [6.45, 7) is 5.21. The zero-order chi connectivity index (χ0) is 11.8. The first-order chi connectivity index (χ1) is 7.49. The predicted octanol–water partition coefficient (Wildman–Crippen LogP) is 3.10. The van der Waals surface area contributed by atoms with Crippen LogP contribution in [0, 0.1) is 16.7 Å². The zero-order valence-electron chi connectivity index (χ0n) is 10.3. The van der Waals surface area contributed by atoms with Gasteiger partial charge < -0.3 is 5.32 Å². The Morgan fingerprint density at radius 1 is 1.38 bits per heavy atom. The number of hydrogen-bond donors (Lipinski definition) is 1. The van der Waals surface area contributed by atoms with Crippen molar-refractivity contribution < 1.29 is 4.79 Å². The summed E-state index contributed by atoms with van der Waals surface area (Å²) in [5.74, 6) is 0.540. The van der Waals surface area contributed by atoms with Gasteiger partial charge in [-0.1, -0.05) is 42.6 Å². The molecule has 2 rings (SSSR count). The van der Waals surface area contributed by atoms with Crippen LogP contribution in [0.4, 0.5) is 0 Å². The highest BCUT2D eigenvalue weighted by Crippen LogP contribution is 2.51. The highest BCUT2D eigenvalue weighted by Gasteiger charge is 2.50. The van der Waals surface area contributed by atoms with Crippen LogP contribution < -0.4 is 5.32 Å². The van der Waals surface area contributed by atoms with Crippen LogP contribution in [-0.4, -0.2) is 17.8 Å². The number of hydrogen-bond acceptors (Lipinski definition) is 1. The molecule has 2 saturated carbocycles. The van der Waals surface area contributed by atoms with Gasteiger partial charge in [-0.15, -0.1) is 0 Å². The van der Waals surface area contributed by atoms with Crippen molar-refractivity contribution in [3.63, 3.8) is 0 Å². The molecule has 1 amide bonds. The smallest absolute Gasteiger partial charge is 0.223 e. The lowest BCUT2D eigenvalue weighted by molar-refractivity contribution is -0.123. The second-order valence-corrected chi connectivity index (χ2v) is 6.86. The summed E-state index contributed by atoms with van der Waals surface area (Å²) in [5.41, 5.74) is 0.593. The third-order valence-electron chi connectivity index (χ3n) is 4.42. The van der Waals surface area contributed by atoms with Crippen LogP contribution in [0.5, 0.6) is 0 Å². The maximum atomic E-state index is 11.9. The summed E-state index contributed by atoms with van der Waals surface area (Å²) in [5, 5.41) is 4.19. The number of alkyl halides is 1. The molecule has 1 atom stereocenters. The first-order valence-electron chi connectivity index (χ1n) is 6.33. The quantitative estimate of drug-likeness (QED) is 0.791. The van der Waals surface area contributed by atoms with Gasteiger partial charge in [0.05, 0.1) is 0 Å². The second-order valence-electron chi connectivity index (χ2n) is 6.30. The van der Waals surface area contributed by atoms with E-state index in [4.69, 9.17) is 0 Å². The number of halogens is 1. The van der Waals surface area contributed by atoms with Crippen molar-refractivity contribution in [2.24, 2.45) is 16.7 Å². The van der Waals surface area contributed by atoms with Gasteiger partial charge >= 0.3 is 0 Å². The first kappa shape index (κ1) is 12.4. The van der Waals surface area contributed by atoms with Crippen molar-refractivity contribution in [1.29, 1.82) is 0 Å². The van der Waals surface area contributed by atoms with Crippen LogP contribution in [0.25, 0.3) is 0 Å². The molecular formula is C13H22BrNO. The summed E-state index contributed by atoms with van der Waals surface area (Å²) in [7, 11) is 0. The van der Waals surface area contributed by atoms with Gasteiger partial charge in [-0.05, 0) is 30.1 Å². The van der Waals surface area contributed by atoms with Crippen LogP contribution in [-0.2, 0) is 4.79 Å². The average Bonchev–Trinajstić information content (AvgIpc) is 2.71. The highest BCUT2D eigenvalue weighted by molar-refractivity contribution is 9.09. The summed E-state index contributed by atoms with van der Waals surface area (Å²) < 4.78 is 0. The van der Waals surface area contributed by atoms with Gasteiger partial charge in [0.1, 0.15) is 0 Å². The Hall–Kier alpha value is -0.0500. The van der Waals surface area contributed by atoms with Crippen molar-refractivity contribution in [1.82, 2.24) is 5.32 Å². The zero-order valence-corrected chi connectivity index (χ0v) is 11.9. The molecule has 0 aromatic heterocycles. The summed E-state index contributed by atoms with van der Waals surface area (Å²) >= 11 is 3.61. The molecule has 3 heteroatoms. The van der Waals surface area contributed by atoms with Gasteiger partial charge in [0.2, 0.25) is 5.91 Å². The van der Waals surface area contributed by atoms with E-state index < -0.39 is 0 Å². The minimum absolute atomic E-state index is 0.251. The van der Waals surface area contributed by atoms with E-state index in [0.29, 0.717) is 5.41 Å². The first-order valence-corrected chi connectivity index (χ1v) is 7.45. The molecule has 2 aliphatic carbocycles. The summed E-state index contributed by atoms with van der Waals surface area (Å²) in [6, 6.07) is 0. The molecular weight excluding hydrogens is 266 g/mol. The van der Waals surface area contributed by atoms with Crippen LogP contribution in [0.15, 0.2) is 0 Å². The Labute approximate surface area is 107 Å². The normalized spacial score (nSPS) is 30.1. The van der Waals surface area contributed by atoms with E-state index in [1.165, 1.54) is 25.7 Å². The van der Waals surface area contributed by atoms with Crippen molar-refractivity contribution in [3.8, 4) is 0 Å². The molecule has 0 aromatic rings. The predicted molar refractivity (Wildman–Crippen MR) is 69.6 cm³/mol. The van der Waals surface area contributed by atoms with E-state index in [0.717, 1.165) is 18.3 Å². The maximum Gasteiger partial charge on any atom is 0.223 e. The second kappa shape index (κ2) is 4.32. The fourth-order valence-corrected chi connectivity index (χ4v) is 3.55. The molecule has 0 aliphatic heterocycles. The third kappa shape index (κ3) is 2.44. The standard InChI is InChI=1S/C13H22BrNO/c1-12(2)7-10(12)11(16)15-9-13(8-14)5-3-4-6-13/h10H,3-9H2,1-2H3,(H,15,16). The molecule has 0 spiro atoms. The molecule has 2 fully saturated rings. The number of amides is 1. The summed E-state index contributed by atoms with van der Waals surface area (Å²) in [4.78, 5) is 11.9. The van der Waals surface area contributed by atoms with Crippen molar-refractivity contribution >= 4 is 21.8 Å². The Bertz CT molecular complexity index is 282. The average molecular weight is 288 g/mol. The van der Waals surface area contributed by atoms with Crippen molar-refractivity contribution in [3.05, 3.63) is 0 Å². The van der Waals surface area contributed by atoms with E-state index in [9.17, 15) is 4.79 Å². The Morgan fingerprint density at radius 3 is 2.38 bits per heavy atom.